The third-order valence-corrected chi connectivity index (χ3v) is 3.31. The van der Waals surface area contributed by atoms with Gasteiger partial charge in [-0.3, -0.25) is 0 Å². The summed E-state index contributed by atoms with van der Waals surface area (Å²) >= 11 is 6.12. The predicted octanol–water partition coefficient (Wildman–Crippen LogP) is 4.07. The summed E-state index contributed by atoms with van der Waals surface area (Å²) < 4.78 is 10.8. The first kappa shape index (κ1) is 17.1. The highest BCUT2D eigenvalue weighted by atomic mass is 35.5. The maximum absolute atomic E-state index is 6.12. The van der Waals surface area contributed by atoms with E-state index < -0.39 is 0 Å². The lowest BCUT2D eigenvalue weighted by Gasteiger charge is -2.02. The summed E-state index contributed by atoms with van der Waals surface area (Å²) in [6.45, 7) is 4.19. The number of methoxy groups -OCH3 is 1. The van der Waals surface area contributed by atoms with Gasteiger partial charge in [0.15, 0.2) is 0 Å². The fourth-order valence-corrected chi connectivity index (χ4v) is 1.94. The minimum absolute atomic E-state index is 0. The van der Waals surface area contributed by atoms with Gasteiger partial charge in [-0.2, -0.15) is 0 Å². The van der Waals surface area contributed by atoms with Crippen LogP contribution < -0.4 is 5.32 Å². The Balaban J connectivity index is 0.00000200. The molecule has 20 heavy (non-hydrogen) atoms. The van der Waals surface area contributed by atoms with Gasteiger partial charge in [0.25, 0.3) is 0 Å². The Bertz CT molecular complexity index is 540. The molecule has 1 aromatic heterocycles. The zero-order valence-corrected chi connectivity index (χ0v) is 13.2. The largest absolute Gasteiger partial charge is 0.460 e. The molecule has 2 aromatic rings. The normalized spacial score (nSPS) is 10.3. The minimum Gasteiger partial charge on any atom is -0.460 e. The van der Waals surface area contributed by atoms with E-state index >= 15 is 0 Å². The van der Waals surface area contributed by atoms with Gasteiger partial charge in [-0.05, 0) is 30.7 Å². The van der Waals surface area contributed by atoms with Crippen LogP contribution in [0, 0.1) is 6.92 Å². The molecule has 0 aliphatic carbocycles. The lowest BCUT2D eigenvalue weighted by molar-refractivity contribution is 0.198. The van der Waals surface area contributed by atoms with Crippen LogP contribution in [0.1, 0.15) is 11.3 Å². The molecule has 0 unspecified atom stereocenters. The van der Waals surface area contributed by atoms with E-state index in [-0.39, 0.29) is 12.4 Å². The summed E-state index contributed by atoms with van der Waals surface area (Å²) in [7, 11) is 1.69. The second-order valence-electron chi connectivity index (χ2n) is 4.40. The van der Waals surface area contributed by atoms with Crippen LogP contribution in [0.2, 0.25) is 5.02 Å². The lowest BCUT2D eigenvalue weighted by Crippen LogP contribution is -2.18. The van der Waals surface area contributed by atoms with Gasteiger partial charge in [0.2, 0.25) is 0 Å². The molecule has 0 aliphatic heterocycles. The van der Waals surface area contributed by atoms with Crippen molar-refractivity contribution in [1.29, 1.82) is 0 Å². The number of hydrogen-bond acceptors (Lipinski definition) is 3. The third-order valence-electron chi connectivity index (χ3n) is 2.90. The Morgan fingerprint density at radius 1 is 1.25 bits per heavy atom. The van der Waals surface area contributed by atoms with Crippen LogP contribution in [0.15, 0.2) is 34.7 Å². The van der Waals surface area contributed by atoms with Crippen LogP contribution in [-0.4, -0.2) is 20.3 Å². The summed E-state index contributed by atoms with van der Waals surface area (Å²) in [5.41, 5.74) is 2.07. The van der Waals surface area contributed by atoms with Gasteiger partial charge in [-0.1, -0.05) is 23.7 Å². The molecular formula is C15H19Cl2NO2. The maximum Gasteiger partial charge on any atom is 0.134 e. The van der Waals surface area contributed by atoms with E-state index in [0.717, 1.165) is 34.2 Å². The molecule has 0 saturated carbocycles. The van der Waals surface area contributed by atoms with E-state index in [9.17, 15) is 0 Å². The van der Waals surface area contributed by atoms with E-state index in [0.29, 0.717) is 13.2 Å². The van der Waals surface area contributed by atoms with Crippen molar-refractivity contribution in [2.24, 2.45) is 0 Å². The van der Waals surface area contributed by atoms with Gasteiger partial charge in [0.05, 0.1) is 13.2 Å². The fourth-order valence-electron chi connectivity index (χ4n) is 1.76. The second-order valence-corrected chi connectivity index (χ2v) is 4.81. The molecule has 0 saturated heterocycles. The molecule has 1 N–H and O–H groups in total. The molecule has 0 spiro atoms. The van der Waals surface area contributed by atoms with Gasteiger partial charge in [-0.15, -0.1) is 12.4 Å². The SMILES string of the molecule is COCCNCc1ccc(-c2ccc(C)c(Cl)c2)o1.Cl. The summed E-state index contributed by atoms with van der Waals surface area (Å²) in [5.74, 6) is 1.74. The van der Waals surface area contributed by atoms with E-state index in [1.165, 1.54) is 0 Å². The van der Waals surface area contributed by atoms with Crippen molar-refractivity contribution in [3.05, 3.63) is 46.7 Å². The smallest absolute Gasteiger partial charge is 0.134 e. The molecule has 0 atom stereocenters. The first-order valence-electron chi connectivity index (χ1n) is 6.25. The first-order chi connectivity index (χ1) is 9.20. The number of ether oxygens (including phenoxy) is 1. The predicted molar refractivity (Wildman–Crippen MR) is 84.7 cm³/mol. The van der Waals surface area contributed by atoms with Crippen LogP contribution in [0.4, 0.5) is 0 Å². The monoisotopic (exact) mass is 315 g/mol. The molecule has 0 aliphatic rings. The highest BCUT2D eigenvalue weighted by molar-refractivity contribution is 6.31. The molecular weight excluding hydrogens is 297 g/mol. The standard InChI is InChI=1S/C15H18ClNO2.ClH/c1-11-3-4-12(9-14(11)16)15-6-5-13(19-15)10-17-7-8-18-2;/h3-6,9,17H,7-8,10H2,1-2H3;1H. The van der Waals surface area contributed by atoms with Gasteiger partial charge in [0, 0.05) is 24.2 Å². The zero-order valence-electron chi connectivity index (χ0n) is 11.6. The van der Waals surface area contributed by atoms with Crippen LogP contribution in [0.3, 0.4) is 0 Å². The van der Waals surface area contributed by atoms with E-state index in [4.69, 9.17) is 20.8 Å². The topological polar surface area (TPSA) is 34.4 Å². The summed E-state index contributed by atoms with van der Waals surface area (Å²) in [6.07, 6.45) is 0. The number of furan rings is 1. The molecule has 1 aromatic carbocycles. The van der Waals surface area contributed by atoms with Crippen molar-refractivity contribution in [3.63, 3.8) is 0 Å². The number of halogens is 2. The number of benzene rings is 1. The molecule has 0 radical (unpaired) electrons. The molecule has 0 fully saturated rings. The molecule has 2 rings (SSSR count). The van der Waals surface area contributed by atoms with Crippen LogP contribution in [0.5, 0.6) is 0 Å². The zero-order chi connectivity index (χ0) is 13.7. The Morgan fingerprint density at radius 2 is 2.05 bits per heavy atom. The van der Waals surface area contributed by atoms with Gasteiger partial charge in [-0.25, -0.2) is 0 Å². The van der Waals surface area contributed by atoms with Gasteiger partial charge in [0.1, 0.15) is 11.5 Å². The molecule has 110 valence electrons. The number of aryl methyl sites for hydroxylation is 1. The van der Waals surface area contributed by atoms with Crippen molar-refractivity contribution >= 4 is 24.0 Å². The van der Waals surface area contributed by atoms with Crippen LogP contribution >= 0.6 is 24.0 Å². The minimum atomic E-state index is 0. The summed E-state index contributed by atoms with van der Waals surface area (Å²) in [4.78, 5) is 0. The van der Waals surface area contributed by atoms with E-state index in [1.54, 1.807) is 7.11 Å². The summed E-state index contributed by atoms with van der Waals surface area (Å²) in [5, 5.41) is 4.00. The first-order valence-corrected chi connectivity index (χ1v) is 6.63. The Kier molecular flexibility index (Phi) is 7.10. The Labute approximate surface area is 130 Å². The van der Waals surface area contributed by atoms with Crippen LogP contribution in [0.25, 0.3) is 11.3 Å². The van der Waals surface area contributed by atoms with Gasteiger partial charge < -0.3 is 14.5 Å². The van der Waals surface area contributed by atoms with E-state index in [2.05, 4.69) is 5.32 Å². The highest BCUT2D eigenvalue weighted by Crippen LogP contribution is 2.26. The average Bonchev–Trinajstić information content (AvgIpc) is 2.87. The average molecular weight is 316 g/mol. The van der Waals surface area contributed by atoms with Crippen LogP contribution in [-0.2, 0) is 11.3 Å². The van der Waals surface area contributed by atoms with E-state index in [1.807, 2.05) is 37.3 Å². The molecule has 0 bridgehead atoms. The highest BCUT2D eigenvalue weighted by Gasteiger charge is 2.06. The second kappa shape index (κ2) is 8.32. The van der Waals surface area contributed by atoms with Crippen molar-refractivity contribution in [2.75, 3.05) is 20.3 Å². The van der Waals surface area contributed by atoms with Crippen molar-refractivity contribution < 1.29 is 9.15 Å². The van der Waals surface area contributed by atoms with Gasteiger partial charge >= 0.3 is 0 Å². The quantitative estimate of drug-likeness (QED) is 0.816. The third kappa shape index (κ3) is 4.53. The molecule has 1 heterocycles. The Morgan fingerprint density at radius 3 is 2.75 bits per heavy atom. The number of hydrogen-bond donors (Lipinski definition) is 1. The van der Waals surface area contributed by atoms with Crippen molar-refractivity contribution in [1.82, 2.24) is 5.32 Å². The molecule has 5 heteroatoms. The molecule has 3 nitrogen and oxygen atoms in total. The fraction of sp³-hybridized carbons (Fsp3) is 0.333. The number of nitrogens with one attached hydrogen (secondary N) is 1. The molecule has 0 amide bonds. The van der Waals surface area contributed by atoms with Crippen molar-refractivity contribution in [3.8, 4) is 11.3 Å². The maximum atomic E-state index is 6.12. The lowest BCUT2D eigenvalue weighted by atomic mass is 10.1. The van der Waals surface area contributed by atoms with Crippen molar-refractivity contribution in [2.45, 2.75) is 13.5 Å². The Hall–Kier alpha value is -1.000. The summed E-state index contributed by atoms with van der Waals surface area (Å²) in [6, 6.07) is 9.88. The number of rotatable bonds is 6.